The van der Waals surface area contributed by atoms with Crippen molar-refractivity contribution < 1.29 is 8.42 Å². The van der Waals surface area contributed by atoms with Gasteiger partial charge in [0.05, 0.1) is 5.69 Å². The molecule has 0 fully saturated rings. The van der Waals surface area contributed by atoms with Crippen molar-refractivity contribution in [1.29, 1.82) is 0 Å². The normalized spacial score (nSPS) is 13.1. The number of rotatable bonds is 5. The first-order valence-electron chi connectivity index (χ1n) is 6.57. The van der Waals surface area contributed by atoms with E-state index in [4.69, 9.17) is 0 Å². The average Bonchev–Trinajstić information content (AvgIpc) is 3.20. The molecular weight excluding hydrogens is 320 g/mol. The maximum atomic E-state index is 12.2. The summed E-state index contributed by atoms with van der Waals surface area (Å²) in [7, 11) is -3.48. The van der Waals surface area contributed by atoms with Crippen LogP contribution in [0.4, 0.5) is 0 Å². The molecule has 0 unspecified atom stereocenters. The molecule has 1 aromatic carbocycles. The molecule has 2 aromatic heterocycles. The Balaban J connectivity index is 1.77. The summed E-state index contributed by atoms with van der Waals surface area (Å²) in [5, 5.41) is 5.79. The average molecular weight is 334 g/mol. The van der Waals surface area contributed by atoms with Crippen molar-refractivity contribution in [3.05, 3.63) is 60.0 Å². The van der Waals surface area contributed by atoms with E-state index >= 15 is 0 Å². The largest absolute Gasteiger partial charge is 0.250 e. The summed E-state index contributed by atoms with van der Waals surface area (Å²) in [6, 6.07) is 10.5. The Morgan fingerprint density at radius 3 is 2.59 bits per heavy atom. The van der Waals surface area contributed by atoms with Crippen LogP contribution in [-0.2, 0) is 10.0 Å². The first kappa shape index (κ1) is 14.9. The molecule has 6 nitrogen and oxygen atoms in total. The molecule has 0 radical (unpaired) electrons. The van der Waals surface area contributed by atoms with Gasteiger partial charge >= 0.3 is 0 Å². The molecule has 0 spiro atoms. The number of nitrogens with zero attached hydrogens (tertiary/aromatic N) is 3. The van der Waals surface area contributed by atoms with Gasteiger partial charge in [-0.05, 0) is 36.1 Å². The number of hydrogen-bond acceptors (Lipinski definition) is 5. The lowest BCUT2D eigenvalue weighted by Crippen LogP contribution is -2.26. The third-order valence-corrected chi connectivity index (χ3v) is 6.11. The van der Waals surface area contributed by atoms with Crippen LogP contribution in [0.25, 0.3) is 5.69 Å². The molecule has 3 aromatic rings. The van der Waals surface area contributed by atoms with Gasteiger partial charge in [-0.25, -0.2) is 22.8 Å². The Hall–Kier alpha value is -2.03. The van der Waals surface area contributed by atoms with Crippen LogP contribution in [0, 0.1) is 0 Å². The number of sulfonamides is 1. The van der Waals surface area contributed by atoms with E-state index in [9.17, 15) is 8.42 Å². The van der Waals surface area contributed by atoms with Gasteiger partial charge in [0.25, 0.3) is 10.0 Å². The fraction of sp³-hybridized carbons (Fsp3) is 0.143. The molecule has 0 saturated carbocycles. The van der Waals surface area contributed by atoms with Crippen molar-refractivity contribution in [2.45, 2.75) is 17.2 Å². The van der Waals surface area contributed by atoms with E-state index in [-0.39, 0.29) is 6.04 Å². The summed E-state index contributed by atoms with van der Waals surface area (Å²) >= 11 is 1.20. The maximum Gasteiger partial charge on any atom is 0.250 e. The topological polar surface area (TPSA) is 76.9 Å². The molecule has 0 amide bonds. The van der Waals surface area contributed by atoms with E-state index in [1.54, 1.807) is 28.5 Å². The van der Waals surface area contributed by atoms with Crippen molar-refractivity contribution in [1.82, 2.24) is 19.5 Å². The van der Waals surface area contributed by atoms with Crippen molar-refractivity contribution >= 4 is 21.4 Å². The summed E-state index contributed by atoms with van der Waals surface area (Å²) in [4.78, 5) is 3.89. The smallest absolute Gasteiger partial charge is 0.223 e. The molecule has 2 heterocycles. The third kappa shape index (κ3) is 3.08. The molecule has 1 atom stereocenters. The Labute approximate surface area is 132 Å². The highest BCUT2D eigenvalue weighted by molar-refractivity contribution is 7.91. The van der Waals surface area contributed by atoms with E-state index < -0.39 is 10.0 Å². The second-order valence-electron chi connectivity index (χ2n) is 4.71. The molecule has 3 rings (SSSR count). The number of hydrogen-bond donors (Lipinski definition) is 1. The van der Waals surface area contributed by atoms with Crippen LogP contribution in [0.2, 0.25) is 0 Å². The zero-order chi connectivity index (χ0) is 15.6. The summed E-state index contributed by atoms with van der Waals surface area (Å²) < 4.78 is 29.1. The first-order valence-corrected chi connectivity index (χ1v) is 8.93. The first-order chi connectivity index (χ1) is 10.6. The lowest BCUT2D eigenvalue weighted by atomic mass is 10.1. The molecule has 0 saturated heterocycles. The van der Waals surface area contributed by atoms with Gasteiger partial charge in [0, 0.05) is 6.04 Å². The Morgan fingerprint density at radius 2 is 2.00 bits per heavy atom. The molecule has 22 heavy (non-hydrogen) atoms. The van der Waals surface area contributed by atoms with Crippen molar-refractivity contribution in [2.75, 3.05) is 0 Å². The fourth-order valence-corrected chi connectivity index (χ4v) is 4.27. The predicted molar refractivity (Wildman–Crippen MR) is 84.4 cm³/mol. The molecule has 0 aliphatic rings. The minimum atomic E-state index is -3.48. The van der Waals surface area contributed by atoms with Gasteiger partial charge in [0.2, 0.25) is 0 Å². The van der Waals surface area contributed by atoms with Gasteiger partial charge in [-0.3, -0.25) is 0 Å². The Bertz CT molecular complexity index is 826. The second-order valence-corrected chi connectivity index (χ2v) is 7.60. The summed E-state index contributed by atoms with van der Waals surface area (Å²) in [6.45, 7) is 1.82. The molecular formula is C14H14N4O2S2. The molecule has 0 aliphatic carbocycles. The van der Waals surface area contributed by atoms with E-state index in [0.717, 1.165) is 11.3 Å². The highest BCUT2D eigenvalue weighted by Crippen LogP contribution is 2.21. The van der Waals surface area contributed by atoms with Gasteiger partial charge in [0.15, 0.2) is 0 Å². The Kier molecular flexibility index (Phi) is 4.06. The maximum absolute atomic E-state index is 12.2. The van der Waals surface area contributed by atoms with E-state index in [1.165, 1.54) is 17.7 Å². The molecule has 0 aliphatic heterocycles. The fourth-order valence-electron chi connectivity index (χ4n) is 2.03. The van der Waals surface area contributed by atoms with Gasteiger partial charge in [-0.1, -0.05) is 18.2 Å². The van der Waals surface area contributed by atoms with Gasteiger partial charge in [-0.15, -0.1) is 11.3 Å². The number of aromatic nitrogens is 3. The zero-order valence-electron chi connectivity index (χ0n) is 11.7. The van der Waals surface area contributed by atoms with E-state index in [2.05, 4.69) is 14.8 Å². The van der Waals surface area contributed by atoms with Crippen LogP contribution in [0.5, 0.6) is 0 Å². The molecule has 114 valence electrons. The Morgan fingerprint density at radius 1 is 1.23 bits per heavy atom. The van der Waals surface area contributed by atoms with Gasteiger partial charge in [-0.2, -0.15) is 5.10 Å². The SMILES string of the molecule is C[C@@H](NS(=O)(=O)c1cccs1)c1ccc(-n2cncn2)cc1. The molecule has 8 heteroatoms. The van der Waals surface area contributed by atoms with Crippen molar-refractivity contribution in [3.8, 4) is 5.69 Å². The van der Waals surface area contributed by atoms with Crippen molar-refractivity contribution in [3.63, 3.8) is 0 Å². The van der Waals surface area contributed by atoms with Crippen LogP contribution in [-0.4, -0.2) is 23.2 Å². The van der Waals surface area contributed by atoms with Crippen LogP contribution in [0.1, 0.15) is 18.5 Å². The quantitative estimate of drug-likeness (QED) is 0.777. The van der Waals surface area contributed by atoms with E-state index in [0.29, 0.717) is 4.21 Å². The predicted octanol–water partition coefficient (Wildman–Crippen LogP) is 2.37. The van der Waals surface area contributed by atoms with Crippen LogP contribution in [0.15, 0.2) is 58.6 Å². The van der Waals surface area contributed by atoms with Gasteiger partial charge < -0.3 is 0 Å². The molecule has 0 bridgehead atoms. The zero-order valence-corrected chi connectivity index (χ0v) is 13.4. The van der Waals surface area contributed by atoms with Crippen LogP contribution < -0.4 is 4.72 Å². The standard InChI is InChI=1S/C14H14N4O2S2/c1-11(17-22(19,20)14-3-2-8-21-14)12-4-6-13(7-5-12)18-10-15-9-16-18/h2-11,17H,1H3/t11-/m1/s1. The van der Waals surface area contributed by atoms with Crippen LogP contribution in [0.3, 0.4) is 0 Å². The minimum absolute atomic E-state index is 0.318. The molecule has 1 N–H and O–H groups in total. The lowest BCUT2D eigenvalue weighted by molar-refractivity contribution is 0.569. The highest BCUT2D eigenvalue weighted by Gasteiger charge is 2.19. The number of thiophene rings is 1. The second kappa shape index (κ2) is 5.99. The van der Waals surface area contributed by atoms with Crippen LogP contribution >= 0.6 is 11.3 Å². The minimum Gasteiger partial charge on any atom is -0.223 e. The summed E-state index contributed by atoms with van der Waals surface area (Å²) in [6.07, 6.45) is 3.07. The third-order valence-electron chi connectivity index (χ3n) is 3.17. The monoisotopic (exact) mass is 334 g/mol. The lowest BCUT2D eigenvalue weighted by Gasteiger charge is -2.14. The highest BCUT2D eigenvalue weighted by atomic mass is 32.2. The number of benzene rings is 1. The van der Waals surface area contributed by atoms with E-state index in [1.807, 2.05) is 31.2 Å². The van der Waals surface area contributed by atoms with Crippen molar-refractivity contribution in [2.24, 2.45) is 0 Å². The van der Waals surface area contributed by atoms with Gasteiger partial charge in [0.1, 0.15) is 16.9 Å². The summed E-state index contributed by atoms with van der Waals surface area (Å²) in [5.41, 5.74) is 1.75. The number of nitrogens with one attached hydrogen (secondary N) is 1. The summed E-state index contributed by atoms with van der Waals surface area (Å²) in [5.74, 6) is 0.